The number of aliphatic hydroxyl groups is 1. The number of hydrogen-bond acceptors (Lipinski definition) is 6. The molecular formula is C30H36Cl3N5O4. The van der Waals surface area contributed by atoms with Gasteiger partial charge in [0, 0.05) is 86.6 Å². The van der Waals surface area contributed by atoms with Gasteiger partial charge in [0.1, 0.15) is 0 Å². The van der Waals surface area contributed by atoms with Crippen LogP contribution in [0, 0.1) is 0 Å². The molecule has 0 unspecified atom stereocenters. The van der Waals surface area contributed by atoms with E-state index in [1.54, 1.807) is 52.0 Å². The van der Waals surface area contributed by atoms with Crippen LogP contribution in [-0.2, 0) is 15.2 Å². The molecule has 0 saturated carbocycles. The number of likely N-dealkylation sites (tertiary alicyclic amines) is 2. The number of amides is 3. The second kappa shape index (κ2) is 12.6. The van der Waals surface area contributed by atoms with Crippen LogP contribution < -0.4 is 5.32 Å². The van der Waals surface area contributed by atoms with Crippen molar-refractivity contribution in [3.05, 3.63) is 62.6 Å². The average Bonchev–Trinajstić information content (AvgIpc) is 2.95. The molecule has 3 amide bonds. The molecule has 2 N–H and O–H groups in total. The largest absolute Gasteiger partial charge is 0.380 e. The zero-order chi connectivity index (χ0) is 30.2. The Bertz CT molecular complexity index is 1350. The zero-order valence-corrected chi connectivity index (χ0v) is 26.1. The number of carbonyl (C=O) groups is 3. The Labute approximate surface area is 261 Å². The molecular weight excluding hydrogens is 601 g/mol. The number of piperidine rings is 1. The summed E-state index contributed by atoms with van der Waals surface area (Å²) in [6, 6.07) is 10.8. The van der Waals surface area contributed by atoms with Crippen LogP contribution in [0.2, 0.25) is 15.1 Å². The molecule has 3 fully saturated rings. The maximum atomic E-state index is 13.2. The first-order valence-corrected chi connectivity index (χ1v) is 15.4. The van der Waals surface area contributed by atoms with Gasteiger partial charge >= 0.3 is 0 Å². The van der Waals surface area contributed by atoms with Crippen LogP contribution in [0.5, 0.6) is 0 Å². The lowest BCUT2D eigenvalue weighted by molar-refractivity contribution is -0.152. The quantitative estimate of drug-likeness (QED) is 0.499. The van der Waals surface area contributed by atoms with Crippen molar-refractivity contribution in [1.82, 2.24) is 19.6 Å². The molecule has 42 heavy (non-hydrogen) atoms. The van der Waals surface area contributed by atoms with Crippen LogP contribution in [0.15, 0.2) is 36.4 Å². The maximum Gasteiger partial charge on any atom is 0.258 e. The second-order valence-electron chi connectivity index (χ2n) is 11.5. The van der Waals surface area contributed by atoms with Gasteiger partial charge in [-0.1, -0.05) is 34.8 Å². The van der Waals surface area contributed by atoms with Crippen molar-refractivity contribution >= 4 is 58.2 Å². The molecule has 0 aromatic heterocycles. The van der Waals surface area contributed by atoms with E-state index in [4.69, 9.17) is 34.8 Å². The first-order valence-electron chi connectivity index (χ1n) is 14.3. The Hall–Kier alpha value is -2.56. The average molecular weight is 637 g/mol. The summed E-state index contributed by atoms with van der Waals surface area (Å²) in [5, 5.41) is 15.7. The van der Waals surface area contributed by atoms with Crippen LogP contribution in [0.4, 0.5) is 5.69 Å². The van der Waals surface area contributed by atoms with Crippen molar-refractivity contribution in [3.63, 3.8) is 0 Å². The second-order valence-corrected chi connectivity index (χ2v) is 12.8. The first-order chi connectivity index (χ1) is 19.9. The number of benzene rings is 2. The van der Waals surface area contributed by atoms with Crippen molar-refractivity contribution in [2.75, 3.05) is 57.7 Å². The number of rotatable bonds is 6. The van der Waals surface area contributed by atoms with Crippen molar-refractivity contribution in [3.8, 4) is 0 Å². The lowest BCUT2D eigenvalue weighted by Crippen LogP contribution is -2.61. The SMILES string of the molecule is CC(=O)N1CCN(C(=O)c2ccc(NC3CN(C4CCN(C(=O)[C@@](C)(O)c5cc(Cl)ccc5Cl)CC4)C3)cc2Cl)CC1. The fourth-order valence-electron chi connectivity index (χ4n) is 6.04. The molecule has 2 aromatic carbocycles. The molecule has 0 radical (unpaired) electrons. The predicted octanol–water partition coefficient (Wildman–Crippen LogP) is 3.95. The van der Waals surface area contributed by atoms with Crippen LogP contribution in [0.1, 0.15) is 42.6 Å². The summed E-state index contributed by atoms with van der Waals surface area (Å²) in [5.74, 6) is -0.465. The number of nitrogens with one attached hydrogen (secondary N) is 1. The smallest absolute Gasteiger partial charge is 0.258 e. The normalized spacial score (nSPS) is 20.2. The van der Waals surface area contributed by atoms with E-state index in [0.29, 0.717) is 71.5 Å². The van der Waals surface area contributed by atoms with Crippen LogP contribution in [-0.4, -0.2) is 107 Å². The van der Waals surface area contributed by atoms with Gasteiger partial charge in [0.2, 0.25) is 5.91 Å². The molecule has 9 nitrogen and oxygen atoms in total. The van der Waals surface area contributed by atoms with Gasteiger partial charge in [0.25, 0.3) is 11.8 Å². The van der Waals surface area contributed by atoms with Gasteiger partial charge in [-0.3, -0.25) is 19.3 Å². The Balaban J connectivity index is 1.08. The summed E-state index contributed by atoms with van der Waals surface area (Å²) < 4.78 is 0. The van der Waals surface area contributed by atoms with Gasteiger partial charge in [-0.05, 0) is 56.2 Å². The lowest BCUT2D eigenvalue weighted by Gasteiger charge is -2.48. The molecule has 226 valence electrons. The van der Waals surface area contributed by atoms with E-state index in [2.05, 4.69) is 10.2 Å². The third-order valence-corrected chi connectivity index (χ3v) is 9.51. The van der Waals surface area contributed by atoms with Gasteiger partial charge in [-0.2, -0.15) is 0 Å². The predicted molar refractivity (Wildman–Crippen MR) is 164 cm³/mol. The third-order valence-electron chi connectivity index (χ3n) is 8.63. The molecule has 0 aliphatic carbocycles. The van der Waals surface area contributed by atoms with Crippen molar-refractivity contribution in [2.24, 2.45) is 0 Å². The minimum atomic E-state index is -1.76. The Kier molecular flexibility index (Phi) is 9.25. The fraction of sp³-hybridized carbons (Fsp3) is 0.500. The van der Waals surface area contributed by atoms with E-state index < -0.39 is 5.60 Å². The Morgan fingerprint density at radius 3 is 2.12 bits per heavy atom. The summed E-state index contributed by atoms with van der Waals surface area (Å²) in [7, 11) is 0. The molecule has 0 bridgehead atoms. The number of hydrogen-bond donors (Lipinski definition) is 2. The van der Waals surface area contributed by atoms with E-state index in [0.717, 1.165) is 31.6 Å². The maximum absolute atomic E-state index is 13.2. The van der Waals surface area contributed by atoms with Crippen LogP contribution in [0.3, 0.4) is 0 Å². The number of carbonyl (C=O) groups excluding carboxylic acids is 3. The van der Waals surface area contributed by atoms with Gasteiger partial charge in [0.05, 0.1) is 16.6 Å². The minimum Gasteiger partial charge on any atom is -0.380 e. The highest BCUT2D eigenvalue weighted by molar-refractivity contribution is 6.34. The fourth-order valence-corrected chi connectivity index (χ4v) is 6.77. The van der Waals surface area contributed by atoms with Gasteiger partial charge in [-0.25, -0.2) is 0 Å². The molecule has 3 heterocycles. The van der Waals surface area contributed by atoms with Gasteiger partial charge in [-0.15, -0.1) is 0 Å². The van der Waals surface area contributed by atoms with Crippen molar-refractivity contribution < 1.29 is 19.5 Å². The number of nitrogens with zero attached hydrogens (tertiary/aromatic N) is 4. The third kappa shape index (κ3) is 6.50. The van der Waals surface area contributed by atoms with Gasteiger partial charge < -0.3 is 25.1 Å². The summed E-state index contributed by atoms with van der Waals surface area (Å²) in [6.45, 7) is 7.92. The Morgan fingerprint density at radius 1 is 0.857 bits per heavy atom. The number of halogens is 3. The van der Waals surface area contributed by atoms with Crippen LogP contribution >= 0.6 is 34.8 Å². The molecule has 2 aromatic rings. The summed E-state index contributed by atoms with van der Waals surface area (Å²) in [6.07, 6.45) is 1.64. The monoisotopic (exact) mass is 635 g/mol. The highest BCUT2D eigenvalue weighted by atomic mass is 35.5. The summed E-state index contributed by atoms with van der Waals surface area (Å²) >= 11 is 18.9. The molecule has 5 rings (SSSR count). The summed E-state index contributed by atoms with van der Waals surface area (Å²) in [4.78, 5) is 45.4. The van der Waals surface area contributed by atoms with E-state index in [1.165, 1.54) is 6.92 Å². The molecule has 3 saturated heterocycles. The highest BCUT2D eigenvalue weighted by Gasteiger charge is 2.41. The van der Waals surface area contributed by atoms with Gasteiger partial charge in [0.15, 0.2) is 5.60 Å². The number of anilines is 1. The molecule has 3 aliphatic heterocycles. The first kappa shape index (κ1) is 30.9. The standard InChI is InChI=1S/C30H36Cl3N5O4/c1-19(39)35-11-13-36(14-12-35)28(40)24-5-4-21(16-27(24)33)34-22-17-38(18-22)23-7-9-37(10-8-23)29(41)30(2,42)25-15-20(31)3-6-26(25)32/h3-6,15-16,22-23,34,42H,7-14,17-18H2,1-2H3/t30-/m0/s1. The molecule has 1 atom stereocenters. The molecule has 0 spiro atoms. The molecule has 12 heteroatoms. The van der Waals surface area contributed by atoms with Crippen LogP contribution in [0.25, 0.3) is 0 Å². The highest BCUT2D eigenvalue weighted by Crippen LogP contribution is 2.34. The minimum absolute atomic E-state index is 0.0237. The van der Waals surface area contributed by atoms with E-state index >= 15 is 0 Å². The van der Waals surface area contributed by atoms with E-state index in [-0.39, 0.29) is 23.8 Å². The molecule has 3 aliphatic rings. The lowest BCUT2D eigenvalue weighted by atomic mass is 9.92. The topological polar surface area (TPSA) is 96.4 Å². The van der Waals surface area contributed by atoms with Crippen molar-refractivity contribution in [1.29, 1.82) is 0 Å². The Morgan fingerprint density at radius 2 is 1.50 bits per heavy atom. The number of piperazine rings is 1. The van der Waals surface area contributed by atoms with Crippen molar-refractivity contribution in [2.45, 2.75) is 44.4 Å². The van der Waals surface area contributed by atoms with E-state index in [1.807, 2.05) is 6.07 Å². The van der Waals surface area contributed by atoms with E-state index in [9.17, 15) is 19.5 Å². The summed E-state index contributed by atoms with van der Waals surface area (Å²) in [5.41, 5.74) is -0.117. The zero-order valence-electron chi connectivity index (χ0n) is 23.8.